The predicted octanol–water partition coefficient (Wildman–Crippen LogP) is -0.564. The van der Waals surface area contributed by atoms with Crippen molar-refractivity contribution in [3.8, 4) is 0 Å². The van der Waals surface area contributed by atoms with E-state index >= 15 is 0 Å². The summed E-state index contributed by atoms with van der Waals surface area (Å²) in [6.07, 6.45) is 0.435. The Bertz CT molecular complexity index is 598. The number of hydrogen-bond acceptors (Lipinski definition) is 5. The molecule has 0 bridgehead atoms. The van der Waals surface area contributed by atoms with Crippen LogP contribution in [0.15, 0.2) is 16.9 Å². The van der Waals surface area contributed by atoms with E-state index in [9.17, 15) is 14.4 Å². The number of carboxylic acid groups (broad SMARTS) is 1. The van der Waals surface area contributed by atoms with Crippen molar-refractivity contribution in [1.29, 1.82) is 0 Å². The second-order valence-corrected chi connectivity index (χ2v) is 4.85. The van der Waals surface area contributed by atoms with Crippen LogP contribution in [0.1, 0.15) is 16.9 Å². The van der Waals surface area contributed by atoms with Gasteiger partial charge >= 0.3 is 5.97 Å². The molecule has 114 valence electrons. The van der Waals surface area contributed by atoms with Crippen LogP contribution < -0.4 is 5.56 Å². The highest BCUT2D eigenvalue weighted by atomic mass is 16.5. The van der Waals surface area contributed by atoms with Gasteiger partial charge in [0.15, 0.2) is 0 Å². The van der Waals surface area contributed by atoms with E-state index in [0.717, 1.165) is 0 Å². The quantitative estimate of drug-likeness (QED) is 0.781. The Balaban J connectivity index is 2.13. The van der Waals surface area contributed by atoms with Crippen molar-refractivity contribution in [3.05, 3.63) is 28.2 Å². The Morgan fingerprint density at radius 3 is 2.86 bits per heavy atom. The Hall–Kier alpha value is -2.22. The van der Waals surface area contributed by atoms with E-state index in [0.29, 0.717) is 19.6 Å². The molecule has 1 aromatic heterocycles. The standard InChI is InChI=1S/C13H17N3O5/c1-21-7-6-16-11(17)3-2-10(14-16)12(18)15-5-4-9(8-15)13(19)20/h2-3,9H,4-8H2,1H3,(H,19,20). The fraction of sp³-hybridized carbons (Fsp3) is 0.538. The van der Waals surface area contributed by atoms with Crippen molar-refractivity contribution in [2.45, 2.75) is 13.0 Å². The van der Waals surface area contributed by atoms with Crippen LogP contribution in [0.25, 0.3) is 0 Å². The number of carbonyl (C=O) groups excluding carboxylic acids is 1. The van der Waals surface area contributed by atoms with E-state index in [1.807, 2.05) is 0 Å². The Morgan fingerprint density at radius 1 is 1.48 bits per heavy atom. The van der Waals surface area contributed by atoms with Gasteiger partial charge in [0.25, 0.3) is 11.5 Å². The van der Waals surface area contributed by atoms with Gasteiger partial charge in [0.2, 0.25) is 0 Å². The van der Waals surface area contributed by atoms with Gasteiger partial charge in [-0.3, -0.25) is 14.4 Å². The average molecular weight is 295 g/mol. The number of likely N-dealkylation sites (tertiary alicyclic amines) is 1. The number of carboxylic acids is 1. The van der Waals surface area contributed by atoms with E-state index in [1.165, 1.54) is 28.8 Å². The lowest BCUT2D eigenvalue weighted by Crippen LogP contribution is -2.33. The molecule has 0 aromatic carbocycles. The molecule has 8 nitrogen and oxygen atoms in total. The first kappa shape index (κ1) is 15.2. The van der Waals surface area contributed by atoms with Gasteiger partial charge in [-0.05, 0) is 12.5 Å². The summed E-state index contributed by atoms with van der Waals surface area (Å²) in [5, 5.41) is 13.0. The molecular weight excluding hydrogens is 278 g/mol. The van der Waals surface area contributed by atoms with Crippen LogP contribution in [-0.2, 0) is 16.1 Å². The zero-order valence-corrected chi connectivity index (χ0v) is 11.7. The fourth-order valence-corrected chi connectivity index (χ4v) is 2.21. The lowest BCUT2D eigenvalue weighted by atomic mass is 10.1. The second kappa shape index (κ2) is 6.49. The minimum atomic E-state index is -0.900. The van der Waals surface area contributed by atoms with Gasteiger partial charge in [0.05, 0.1) is 19.1 Å². The fourth-order valence-electron chi connectivity index (χ4n) is 2.21. The first-order valence-electron chi connectivity index (χ1n) is 6.62. The summed E-state index contributed by atoms with van der Waals surface area (Å²) < 4.78 is 6.05. The van der Waals surface area contributed by atoms with Crippen molar-refractivity contribution in [2.24, 2.45) is 5.92 Å². The van der Waals surface area contributed by atoms with Crippen molar-refractivity contribution >= 4 is 11.9 Å². The molecule has 2 heterocycles. The van der Waals surface area contributed by atoms with Crippen LogP contribution in [0.2, 0.25) is 0 Å². The molecule has 0 radical (unpaired) electrons. The first-order valence-corrected chi connectivity index (χ1v) is 6.62. The summed E-state index contributed by atoms with van der Waals surface area (Å²) in [6.45, 7) is 1.13. The normalized spacial score (nSPS) is 18.0. The molecule has 1 atom stereocenters. The maximum absolute atomic E-state index is 12.3. The topological polar surface area (TPSA) is 102 Å². The minimum Gasteiger partial charge on any atom is -0.481 e. The summed E-state index contributed by atoms with van der Waals surface area (Å²) in [4.78, 5) is 36.2. The molecule has 1 fully saturated rings. The van der Waals surface area contributed by atoms with E-state index in [1.54, 1.807) is 0 Å². The first-order chi connectivity index (χ1) is 10.0. The molecule has 1 N–H and O–H groups in total. The highest BCUT2D eigenvalue weighted by molar-refractivity contribution is 5.92. The summed E-state index contributed by atoms with van der Waals surface area (Å²) in [6, 6.07) is 2.64. The molecule has 1 saturated heterocycles. The molecule has 1 unspecified atom stereocenters. The monoisotopic (exact) mass is 295 g/mol. The maximum Gasteiger partial charge on any atom is 0.308 e. The SMILES string of the molecule is COCCn1nc(C(=O)N2CCC(C(=O)O)C2)ccc1=O. The van der Waals surface area contributed by atoms with Crippen LogP contribution in [0, 0.1) is 5.92 Å². The van der Waals surface area contributed by atoms with Gasteiger partial charge in [-0.25, -0.2) is 4.68 Å². The van der Waals surface area contributed by atoms with E-state index in [2.05, 4.69) is 5.10 Å². The van der Waals surface area contributed by atoms with Gasteiger partial charge in [0, 0.05) is 26.3 Å². The number of aliphatic carboxylic acids is 1. The molecule has 1 aliphatic rings. The van der Waals surface area contributed by atoms with Crippen LogP contribution in [0.5, 0.6) is 0 Å². The van der Waals surface area contributed by atoms with Crippen molar-refractivity contribution in [1.82, 2.24) is 14.7 Å². The summed E-state index contributed by atoms with van der Waals surface area (Å²) >= 11 is 0. The Kier molecular flexibility index (Phi) is 4.69. The third kappa shape index (κ3) is 3.46. The summed E-state index contributed by atoms with van der Waals surface area (Å²) in [5.41, 5.74) is -0.176. The number of rotatable bonds is 5. The number of nitrogens with zero attached hydrogens (tertiary/aromatic N) is 3. The number of aromatic nitrogens is 2. The molecule has 1 aromatic rings. The van der Waals surface area contributed by atoms with Crippen LogP contribution in [-0.4, -0.2) is 58.5 Å². The number of ether oxygens (including phenoxy) is 1. The Labute approximate surface area is 120 Å². The minimum absolute atomic E-state index is 0.136. The third-order valence-corrected chi connectivity index (χ3v) is 3.42. The largest absolute Gasteiger partial charge is 0.481 e. The van der Waals surface area contributed by atoms with Crippen molar-refractivity contribution < 1.29 is 19.4 Å². The van der Waals surface area contributed by atoms with Gasteiger partial charge in [-0.2, -0.15) is 5.10 Å². The van der Waals surface area contributed by atoms with Crippen LogP contribution in [0.3, 0.4) is 0 Å². The molecule has 0 saturated carbocycles. The third-order valence-electron chi connectivity index (χ3n) is 3.42. The number of methoxy groups -OCH3 is 1. The zero-order valence-electron chi connectivity index (χ0n) is 11.7. The molecule has 8 heteroatoms. The van der Waals surface area contributed by atoms with Gasteiger partial charge in [-0.15, -0.1) is 0 Å². The predicted molar refractivity (Wildman–Crippen MR) is 72.0 cm³/mol. The van der Waals surface area contributed by atoms with E-state index in [-0.39, 0.29) is 30.2 Å². The lowest BCUT2D eigenvalue weighted by Gasteiger charge is -2.15. The Morgan fingerprint density at radius 2 is 2.24 bits per heavy atom. The molecular formula is C13H17N3O5. The van der Waals surface area contributed by atoms with Crippen molar-refractivity contribution in [2.75, 3.05) is 26.8 Å². The van der Waals surface area contributed by atoms with Crippen LogP contribution >= 0.6 is 0 Å². The lowest BCUT2D eigenvalue weighted by molar-refractivity contribution is -0.141. The molecule has 2 rings (SSSR count). The van der Waals surface area contributed by atoms with Crippen LogP contribution in [0.4, 0.5) is 0 Å². The molecule has 21 heavy (non-hydrogen) atoms. The van der Waals surface area contributed by atoms with Crippen molar-refractivity contribution in [3.63, 3.8) is 0 Å². The average Bonchev–Trinajstić information content (AvgIpc) is 2.95. The summed E-state index contributed by atoms with van der Waals surface area (Å²) in [7, 11) is 1.51. The maximum atomic E-state index is 12.3. The van der Waals surface area contributed by atoms with E-state index in [4.69, 9.17) is 9.84 Å². The molecule has 1 aliphatic heterocycles. The highest BCUT2D eigenvalue weighted by Gasteiger charge is 2.31. The number of hydrogen-bond donors (Lipinski definition) is 1. The summed E-state index contributed by atoms with van der Waals surface area (Å²) in [5.74, 6) is -1.79. The molecule has 0 spiro atoms. The molecule has 1 amide bonds. The van der Waals surface area contributed by atoms with Gasteiger partial charge in [-0.1, -0.05) is 0 Å². The highest BCUT2D eigenvalue weighted by Crippen LogP contribution is 2.17. The van der Waals surface area contributed by atoms with Gasteiger partial charge < -0.3 is 14.7 Å². The smallest absolute Gasteiger partial charge is 0.308 e. The number of carbonyl (C=O) groups is 2. The van der Waals surface area contributed by atoms with Gasteiger partial charge in [0.1, 0.15) is 5.69 Å². The van der Waals surface area contributed by atoms with E-state index < -0.39 is 11.9 Å². The zero-order chi connectivity index (χ0) is 15.4. The number of amides is 1. The molecule has 0 aliphatic carbocycles. The second-order valence-electron chi connectivity index (χ2n) is 4.85.